The van der Waals surface area contributed by atoms with E-state index in [0.717, 1.165) is 19.3 Å². The molecule has 0 spiro atoms. The summed E-state index contributed by atoms with van der Waals surface area (Å²) in [4.78, 5) is 38.0. The van der Waals surface area contributed by atoms with Crippen LogP contribution in [0.15, 0.2) is 15.3 Å². The third-order valence-electron chi connectivity index (χ3n) is 3.36. The minimum atomic E-state index is -0.570. The molecule has 0 amide bonds. The minimum absolute atomic E-state index is 0.231. The van der Waals surface area contributed by atoms with E-state index in [1.165, 1.54) is 6.07 Å². The molecule has 2 rings (SSSR count). The van der Waals surface area contributed by atoms with E-state index in [0.29, 0.717) is 11.4 Å². The summed E-state index contributed by atoms with van der Waals surface area (Å²) in [7, 11) is 0. The number of esters is 1. The van der Waals surface area contributed by atoms with Crippen LogP contribution in [0.2, 0.25) is 0 Å². The Morgan fingerprint density at radius 2 is 2.19 bits per heavy atom. The molecule has 7 heteroatoms. The Morgan fingerprint density at radius 3 is 2.76 bits per heavy atom. The van der Waals surface area contributed by atoms with Crippen molar-refractivity contribution < 1.29 is 14.3 Å². The van der Waals surface area contributed by atoms with E-state index in [4.69, 9.17) is 4.74 Å². The molecule has 0 aromatic carbocycles. The number of Topliss-reactive ketones (excluding diaryl/α,β-unsaturated/α-hetero) is 1. The minimum Gasteiger partial charge on any atom is -0.466 e. The number of carbonyl (C=O) groups is 2. The Bertz CT molecular complexity index is 607. The van der Waals surface area contributed by atoms with Crippen molar-refractivity contribution in [3.05, 3.63) is 26.5 Å². The van der Waals surface area contributed by atoms with Gasteiger partial charge in [0.2, 0.25) is 0 Å². The van der Waals surface area contributed by atoms with E-state index in [1.807, 2.05) is 0 Å². The Labute approximate surface area is 130 Å². The molecule has 1 aliphatic carbocycles. The van der Waals surface area contributed by atoms with Crippen molar-refractivity contribution in [1.29, 1.82) is 0 Å². The largest absolute Gasteiger partial charge is 0.466 e. The van der Waals surface area contributed by atoms with Crippen molar-refractivity contribution in [1.82, 2.24) is 4.98 Å². The number of halogens is 1. The Morgan fingerprint density at radius 1 is 1.48 bits per heavy atom. The fourth-order valence-corrected chi connectivity index (χ4v) is 2.36. The van der Waals surface area contributed by atoms with Crippen LogP contribution in [0, 0.1) is 0 Å². The number of rotatable bonds is 6. The molecule has 1 saturated carbocycles. The molecule has 0 radical (unpaired) electrons. The monoisotopic (exact) mass is 356 g/mol. The molecule has 0 saturated heterocycles. The number of hydrogen-bond acceptors (Lipinski definition) is 5. The first-order valence-electron chi connectivity index (χ1n) is 6.89. The van der Waals surface area contributed by atoms with Crippen LogP contribution in [0.1, 0.15) is 43.0 Å². The molecule has 1 aliphatic rings. The Hall–Kier alpha value is -1.63. The SMILES string of the molecule is CCOC(=O)CC(=O)c1cc(Br)c(=O)[nH]c1NC1CCC1. The van der Waals surface area contributed by atoms with Crippen LogP contribution < -0.4 is 10.9 Å². The highest BCUT2D eigenvalue weighted by Gasteiger charge is 2.23. The van der Waals surface area contributed by atoms with Gasteiger partial charge in [0.15, 0.2) is 5.78 Å². The van der Waals surface area contributed by atoms with Crippen LogP contribution in [0.25, 0.3) is 0 Å². The lowest BCUT2D eigenvalue weighted by Gasteiger charge is -2.28. The lowest BCUT2D eigenvalue weighted by atomic mass is 9.93. The number of carbonyl (C=O) groups excluding carboxylic acids is 2. The smallest absolute Gasteiger partial charge is 0.313 e. The lowest BCUT2D eigenvalue weighted by molar-refractivity contribution is -0.141. The molecule has 0 aliphatic heterocycles. The molecule has 1 heterocycles. The summed E-state index contributed by atoms with van der Waals surface area (Å²) in [5.41, 5.74) is -0.0223. The van der Waals surface area contributed by atoms with Gasteiger partial charge in [0.05, 0.1) is 16.6 Å². The molecule has 0 bridgehead atoms. The van der Waals surface area contributed by atoms with Crippen molar-refractivity contribution in [2.45, 2.75) is 38.6 Å². The van der Waals surface area contributed by atoms with Gasteiger partial charge in [-0.05, 0) is 48.2 Å². The topological polar surface area (TPSA) is 88.3 Å². The number of ether oxygens (including phenoxy) is 1. The molecule has 114 valence electrons. The predicted molar refractivity (Wildman–Crippen MR) is 81.6 cm³/mol. The van der Waals surface area contributed by atoms with Crippen LogP contribution in [-0.4, -0.2) is 29.4 Å². The third-order valence-corrected chi connectivity index (χ3v) is 3.95. The zero-order chi connectivity index (χ0) is 15.4. The number of aromatic amines is 1. The van der Waals surface area contributed by atoms with Crippen molar-refractivity contribution in [2.75, 3.05) is 11.9 Å². The second kappa shape index (κ2) is 6.89. The van der Waals surface area contributed by atoms with Crippen LogP contribution in [0.4, 0.5) is 5.82 Å². The van der Waals surface area contributed by atoms with Gasteiger partial charge in [0.1, 0.15) is 12.2 Å². The van der Waals surface area contributed by atoms with E-state index < -0.39 is 5.97 Å². The molecule has 21 heavy (non-hydrogen) atoms. The summed E-state index contributed by atoms with van der Waals surface area (Å²) in [5.74, 6) is -0.575. The molecule has 0 atom stereocenters. The molecule has 1 fully saturated rings. The predicted octanol–water partition coefficient (Wildman–Crippen LogP) is 2.24. The maximum Gasteiger partial charge on any atom is 0.313 e. The summed E-state index contributed by atoms with van der Waals surface area (Å²) >= 11 is 3.10. The first kappa shape index (κ1) is 15.8. The fraction of sp³-hybridized carbons (Fsp3) is 0.500. The molecule has 6 nitrogen and oxygen atoms in total. The molecular weight excluding hydrogens is 340 g/mol. The number of anilines is 1. The zero-order valence-corrected chi connectivity index (χ0v) is 13.3. The molecule has 2 N–H and O–H groups in total. The van der Waals surface area contributed by atoms with Gasteiger partial charge in [-0.3, -0.25) is 14.4 Å². The average molecular weight is 357 g/mol. The van der Waals surface area contributed by atoms with Gasteiger partial charge in [-0.15, -0.1) is 0 Å². The quantitative estimate of drug-likeness (QED) is 0.463. The number of nitrogens with one attached hydrogen (secondary N) is 2. The second-order valence-corrected chi connectivity index (χ2v) is 5.77. The van der Waals surface area contributed by atoms with Crippen LogP contribution >= 0.6 is 15.9 Å². The highest BCUT2D eigenvalue weighted by molar-refractivity contribution is 9.10. The van der Waals surface area contributed by atoms with Gasteiger partial charge in [-0.1, -0.05) is 0 Å². The van der Waals surface area contributed by atoms with Crippen molar-refractivity contribution in [3.63, 3.8) is 0 Å². The highest BCUT2D eigenvalue weighted by Crippen LogP contribution is 2.25. The van der Waals surface area contributed by atoms with E-state index >= 15 is 0 Å². The van der Waals surface area contributed by atoms with Crippen LogP contribution in [0.3, 0.4) is 0 Å². The van der Waals surface area contributed by atoms with Crippen LogP contribution in [0.5, 0.6) is 0 Å². The van der Waals surface area contributed by atoms with Crippen molar-refractivity contribution in [2.24, 2.45) is 0 Å². The highest BCUT2D eigenvalue weighted by atomic mass is 79.9. The normalized spacial score (nSPS) is 14.4. The van der Waals surface area contributed by atoms with E-state index in [-0.39, 0.29) is 34.9 Å². The fourth-order valence-electron chi connectivity index (χ4n) is 2.03. The second-order valence-electron chi connectivity index (χ2n) is 4.91. The number of pyridine rings is 1. The summed E-state index contributed by atoms with van der Waals surface area (Å²) in [5, 5.41) is 3.15. The van der Waals surface area contributed by atoms with Gasteiger partial charge >= 0.3 is 5.97 Å². The van der Waals surface area contributed by atoms with Crippen molar-refractivity contribution >= 4 is 33.5 Å². The maximum atomic E-state index is 12.2. The molecule has 1 aromatic heterocycles. The van der Waals surface area contributed by atoms with E-state index in [2.05, 4.69) is 26.2 Å². The van der Waals surface area contributed by atoms with E-state index in [1.54, 1.807) is 6.92 Å². The molecule has 1 aromatic rings. The van der Waals surface area contributed by atoms with Gasteiger partial charge in [0.25, 0.3) is 5.56 Å². The summed E-state index contributed by atoms with van der Waals surface area (Å²) in [6.07, 6.45) is 2.80. The van der Waals surface area contributed by atoms with Crippen molar-refractivity contribution in [3.8, 4) is 0 Å². The summed E-state index contributed by atoms with van der Waals surface area (Å²) in [6, 6.07) is 1.71. The zero-order valence-electron chi connectivity index (χ0n) is 11.7. The Kier molecular flexibility index (Phi) is 5.17. The Balaban J connectivity index is 2.22. The summed E-state index contributed by atoms with van der Waals surface area (Å²) in [6.45, 7) is 1.91. The number of H-pyrrole nitrogens is 1. The first-order valence-corrected chi connectivity index (χ1v) is 7.68. The van der Waals surface area contributed by atoms with Crippen LogP contribution in [-0.2, 0) is 9.53 Å². The van der Waals surface area contributed by atoms with Gasteiger partial charge < -0.3 is 15.0 Å². The molecular formula is C14H17BrN2O4. The average Bonchev–Trinajstić information content (AvgIpc) is 2.37. The first-order chi connectivity index (χ1) is 10.0. The standard InChI is InChI=1S/C14H17BrN2O4/c1-2-21-12(19)7-11(18)9-6-10(15)14(20)17-13(9)16-8-4-3-5-8/h6,8H,2-5,7H2,1H3,(H2,16,17,20). The number of aromatic nitrogens is 1. The molecule has 0 unspecified atom stereocenters. The van der Waals surface area contributed by atoms with Gasteiger partial charge in [-0.2, -0.15) is 0 Å². The third kappa shape index (κ3) is 3.93. The number of hydrogen-bond donors (Lipinski definition) is 2. The van der Waals surface area contributed by atoms with Gasteiger partial charge in [0, 0.05) is 6.04 Å². The van der Waals surface area contributed by atoms with Gasteiger partial charge in [-0.25, -0.2) is 0 Å². The summed E-state index contributed by atoms with van der Waals surface area (Å²) < 4.78 is 5.04. The van der Waals surface area contributed by atoms with E-state index in [9.17, 15) is 14.4 Å². The lowest BCUT2D eigenvalue weighted by Crippen LogP contribution is -2.30. The maximum absolute atomic E-state index is 12.2. The number of ketones is 1.